The van der Waals surface area contributed by atoms with Crippen molar-refractivity contribution in [3.63, 3.8) is 0 Å². The van der Waals surface area contributed by atoms with Gasteiger partial charge in [0.2, 0.25) is 0 Å². The zero-order chi connectivity index (χ0) is 11.3. The largest absolute Gasteiger partial charge is 0.363 e. The molecular weight excluding hydrogens is 228 g/mol. The Hall–Kier alpha value is -0.800. The minimum Gasteiger partial charge on any atom is -0.363 e. The van der Waals surface area contributed by atoms with Gasteiger partial charge in [-0.15, -0.1) is 0 Å². The van der Waals surface area contributed by atoms with E-state index < -0.39 is 0 Å². The second-order valence-electron chi connectivity index (χ2n) is 3.32. The predicted molar refractivity (Wildman–Crippen MR) is 69.2 cm³/mol. The summed E-state index contributed by atoms with van der Waals surface area (Å²) in [7, 11) is 1.97. The molecule has 0 aromatic heterocycles. The summed E-state index contributed by atoms with van der Waals surface area (Å²) in [5.41, 5.74) is 1.20. The van der Waals surface area contributed by atoms with Gasteiger partial charge in [-0.2, -0.15) is 0 Å². The van der Waals surface area contributed by atoms with E-state index >= 15 is 0 Å². The molecule has 82 valence electrons. The Morgan fingerprint density at radius 1 is 1.40 bits per heavy atom. The Labute approximate surface area is 101 Å². The van der Waals surface area contributed by atoms with Crippen molar-refractivity contribution in [1.82, 2.24) is 10.2 Å². The van der Waals surface area contributed by atoms with Crippen LogP contribution in [0, 0.1) is 0 Å². The van der Waals surface area contributed by atoms with Crippen LogP contribution in [0.15, 0.2) is 24.3 Å². The highest BCUT2D eigenvalue weighted by Gasteiger charge is 2.03. The van der Waals surface area contributed by atoms with E-state index in [0.717, 1.165) is 23.2 Å². The van der Waals surface area contributed by atoms with Crippen LogP contribution >= 0.6 is 23.8 Å². The first-order valence-electron chi connectivity index (χ1n) is 4.87. The van der Waals surface area contributed by atoms with Gasteiger partial charge in [0.1, 0.15) is 0 Å². The highest BCUT2D eigenvalue weighted by Crippen LogP contribution is 2.10. The summed E-state index contributed by atoms with van der Waals surface area (Å²) >= 11 is 11.0. The number of nitrogens with zero attached hydrogens (tertiary/aromatic N) is 1. The SMILES string of the molecule is CCNC(=S)N(C)Cc1ccc(Cl)cc1. The summed E-state index contributed by atoms with van der Waals surface area (Å²) < 4.78 is 0. The van der Waals surface area contributed by atoms with Crippen molar-refractivity contribution in [2.24, 2.45) is 0 Å². The zero-order valence-corrected chi connectivity index (χ0v) is 10.5. The van der Waals surface area contributed by atoms with Crippen molar-refractivity contribution in [2.45, 2.75) is 13.5 Å². The van der Waals surface area contributed by atoms with E-state index in [9.17, 15) is 0 Å². The molecule has 0 fully saturated rings. The fourth-order valence-corrected chi connectivity index (χ4v) is 1.56. The van der Waals surface area contributed by atoms with Gasteiger partial charge in [0.15, 0.2) is 5.11 Å². The van der Waals surface area contributed by atoms with Gasteiger partial charge in [0.05, 0.1) is 0 Å². The molecule has 0 saturated heterocycles. The van der Waals surface area contributed by atoms with Gasteiger partial charge in [0.25, 0.3) is 0 Å². The highest BCUT2D eigenvalue weighted by molar-refractivity contribution is 7.80. The van der Waals surface area contributed by atoms with Crippen LogP contribution in [-0.4, -0.2) is 23.6 Å². The fraction of sp³-hybridized carbons (Fsp3) is 0.364. The molecule has 0 amide bonds. The predicted octanol–water partition coefficient (Wildman–Crippen LogP) is 2.67. The normalized spacial score (nSPS) is 9.80. The second kappa shape index (κ2) is 5.93. The number of hydrogen-bond acceptors (Lipinski definition) is 1. The van der Waals surface area contributed by atoms with Crippen molar-refractivity contribution in [3.05, 3.63) is 34.9 Å². The molecule has 0 aliphatic carbocycles. The zero-order valence-electron chi connectivity index (χ0n) is 8.96. The maximum atomic E-state index is 5.81. The second-order valence-corrected chi connectivity index (χ2v) is 4.14. The van der Waals surface area contributed by atoms with Crippen molar-refractivity contribution >= 4 is 28.9 Å². The monoisotopic (exact) mass is 242 g/mol. The lowest BCUT2D eigenvalue weighted by Gasteiger charge is -2.20. The number of hydrogen-bond donors (Lipinski definition) is 1. The van der Waals surface area contributed by atoms with Crippen LogP contribution in [0.2, 0.25) is 5.02 Å². The number of thiocarbonyl (C=S) groups is 1. The first-order chi connectivity index (χ1) is 7.13. The van der Waals surface area contributed by atoms with Crippen molar-refractivity contribution in [2.75, 3.05) is 13.6 Å². The molecule has 4 heteroatoms. The lowest BCUT2D eigenvalue weighted by Crippen LogP contribution is -2.36. The van der Waals surface area contributed by atoms with E-state index in [4.69, 9.17) is 23.8 Å². The van der Waals surface area contributed by atoms with Gasteiger partial charge < -0.3 is 10.2 Å². The van der Waals surface area contributed by atoms with Crippen LogP contribution in [0.25, 0.3) is 0 Å². The van der Waals surface area contributed by atoms with E-state index in [-0.39, 0.29) is 0 Å². The molecule has 1 aromatic carbocycles. The van der Waals surface area contributed by atoms with Gasteiger partial charge in [-0.1, -0.05) is 23.7 Å². The summed E-state index contributed by atoms with van der Waals surface area (Å²) in [6.07, 6.45) is 0. The first kappa shape index (κ1) is 12.3. The van der Waals surface area contributed by atoms with E-state index in [1.54, 1.807) is 0 Å². The van der Waals surface area contributed by atoms with Gasteiger partial charge >= 0.3 is 0 Å². The molecule has 0 atom stereocenters. The van der Waals surface area contributed by atoms with Gasteiger partial charge in [-0.25, -0.2) is 0 Å². The molecule has 0 unspecified atom stereocenters. The number of rotatable bonds is 3. The summed E-state index contributed by atoms with van der Waals surface area (Å²) in [4.78, 5) is 2.00. The number of halogens is 1. The third-order valence-electron chi connectivity index (χ3n) is 2.01. The van der Waals surface area contributed by atoms with Crippen LogP contribution in [0.1, 0.15) is 12.5 Å². The molecule has 1 rings (SSSR count). The summed E-state index contributed by atoms with van der Waals surface area (Å²) in [6.45, 7) is 3.68. The fourth-order valence-electron chi connectivity index (χ4n) is 1.22. The molecule has 0 heterocycles. The minimum absolute atomic E-state index is 0.760. The Morgan fingerprint density at radius 2 is 2.00 bits per heavy atom. The molecular formula is C11H15ClN2S. The minimum atomic E-state index is 0.760. The average Bonchev–Trinajstić information content (AvgIpc) is 2.22. The van der Waals surface area contributed by atoms with Crippen molar-refractivity contribution in [1.29, 1.82) is 0 Å². The third kappa shape index (κ3) is 4.06. The Morgan fingerprint density at radius 3 is 2.53 bits per heavy atom. The molecule has 0 spiro atoms. The maximum Gasteiger partial charge on any atom is 0.168 e. The molecule has 0 saturated carbocycles. The maximum absolute atomic E-state index is 5.81. The molecule has 0 aliphatic rings. The van der Waals surface area contributed by atoms with Crippen LogP contribution in [0.5, 0.6) is 0 Å². The van der Waals surface area contributed by atoms with E-state index in [0.29, 0.717) is 0 Å². The van der Waals surface area contributed by atoms with Crippen LogP contribution in [0.3, 0.4) is 0 Å². The van der Waals surface area contributed by atoms with E-state index in [1.807, 2.05) is 43.1 Å². The topological polar surface area (TPSA) is 15.3 Å². The van der Waals surface area contributed by atoms with Crippen LogP contribution in [-0.2, 0) is 6.54 Å². The lowest BCUT2D eigenvalue weighted by atomic mass is 10.2. The first-order valence-corrected chi connectivity index (χ1v) is 5.65. The summed E-state index contributed by atoms with van der Waals surface area (Å²) in [5, 5.41) is 4.64. The third-order valence-corrected chi connectivity index (χ3v) is 2.72. The Kier molecular flexibility index (Phi) is 4.85. The molecule has 1 N–H and O–H groups in total. The van der Waals surface area contributed by atoms with Crippen molar-refractivity contribution in [3.8, 4) is 0 Å². The van der Waals surface area contributed by atoms with Crippen LogP contribution in [0.4, 0.5) is 0 Å². The van der Waals surface area contributed by atoms with Gasteiger partial charge in [-0.3, -0.25) is 0 Å². The molecule has 0 radical (unpaired) electrons. The Balaban J connectivity index is 2.54. The molecule has 0 aliphatic heterocycles. The highest BCUT2D eigenvalue weighted by atomic mass is 35.5. The average molecular weight is 243 g/mol. The van der Waals surface area contributed by atoms with Crippen molar-refractivity contribution < 1.29 is 0 Å². The quantitative estimate of drug-likeness (QED) is 0.821. The van der Waals surface area contributed by atoms with E-state index in [2.05, 4.69) is 5.32 Å². The Bertz CT molecular complexity index is 324. The standard InChI is InChI=1S/C11H15ClN2S/c1-3-13-11(15)14(2)8-9-4-6-10(12)7-5-9/h4-7H,3,8H2,1-2H3,(H,13,15). The molecule has 1 aromatic rings. The summed E-state index contributed by atoms with van der Waals surface area (Å²) in [6, 6.07) is 7.79. The molecule has 15 heavy (non-hydrogen) atoms. The van der Waals surface area contributed by atoms with Gasteiger partial charge in [0, 0.05) is 25.2 Å². The summed E-state index contributed by atoms with van der Waals surface area (Å²) in [5.74, 6) is 0. The van der Waals surface area contributed by atoms with E-state index in [1.165, 1.54) is 5.56 Å². The number of nitrogens with one attached hydrogen (secondary N) is 1. The van der Waals surface area contributed by atoms with Gasteiger partial charge in [-0.05, 0) is 36.8 Å². The number of benzene rings is 1. The lowest BCUT2D eigenvalue weighted by molar-refractivity contribution is 0.491. The van der Waals surface area contributed by atoms with Crippen LogP contribution < -0.4 is 5.32 Å². The molecule has 0 bridgehead atoms. The molecule has 2 nitrogen and oxygen atoms in total. The smallest absolute Gasteiger partial charge is 0.168 e.